The van der Waals surface area contributed by atoms with Crippen molar-refractivity contribution in [1.82, 2.24) is 10.6 Å². The maximum atomic E-state index is 10.7. The van der Waals surface area contributed by atoms with Crippen LogP contribution in [0.3, 0.4) is 0 Å². The number of benzene rings is 1. The third-order valence-electron chi connectivity index (χ3n) is 2.53. The van der Waals surface area contributed by atoms with Gasteiger partial charge in [-0.05, 0) is 17.7 Å². The summed E-state index contributed by atoms with van der Waals surface area (Å²) in [4.78, 5) is 10.7. The lowest BCUT2D eigenvalue weighted by atomic mass is 10.2. The molecule has 1 aromatic carbocycles. The van der Waals surface area contributed by atoms with Crippen LogP contribution in [0.2, 0.25) is 0 Å². The first-order valence-corrected chi connectivity index (χ1v) is 6.49. The molecule has 2 N–H and O–H groups in total. The van der Waals surface area contributed by atoms with Crippen molar-refractivity contribution in [3.05, 3.63) is 22.2 Å². The van der Waals surface area contributed by atoms with Crippen LogP contribution in [-0.4, -0.2) is 25.8 Å². The lowest BCUT2D eigenvalue weighted by Gasteiger charge is -2.08. The summed E-state index contributed by atoms with van der Waals surface area (Å²) < 4.78 is 11.6. The Balaban J connectivity index is 1.84. The average molecular weight is 315 g/mol. The van der Waals surface area contributed by atoms with Crippen molar-refractivity contribution in [2.45, 2.75) is 13.5 Å². The van der Waals surface area contributed by atoms with E-state index in [0.717, 1.165) is 28.1 Å². The van der Waals surface area contributed by atoms with E-state index in [1.807, 2.05) is 12.1 Å². The van der Waals surface area contributed by atoms with E-state index in [-0.39, 0.29) is 12.7 Å². The van der Waals surface area contributed by atoms with Crippen LogP contribution in [0.15, 0.2) is 16.6 Å². The fraction of sp³-hybridized carbons (Fsp3) is 0.417. The van der Waals surface area contributed by atoms with Gasteiger partial charge < -0.3 is 20.1 Å². The van der Waals surface area contributed by atoms with Crippen LogP contribution in [0.1, 0.15) is 12.5 Å². The summed E-state index contributed by atoms with van der Waals surface area (Å²) in [7, 11) is 0. The number of fused-ring (bicyclic) bond motifs is 1. The molecule has 1 amide bonds. The van der Waals surface area contributed by atoms with Gasteiger partial charge in [0.1, 0.15) is 0 Å². The Bertz CT molecular complexity index is 451. The summed E-state index contributed by atoms with van der Waals surface area (Å²) in [5.41, 5.74) is 1.10. The highest BCUT2D eigenvalue weighted by Gasteiger charge is 2.15. The summed E-state index contributed by atoms with van der Waals surface area (Å²) in [5, 5.41) is 5.98. The SMILES string of the molecule is CC(=O)NCCNCc1cc2c(cc1Br)OCO2. The molecule has 6 heteroatoms. The van der Waals surface area contributed by atoms with Crippen LogP contribution in [0.4, 0.5) is 0 Å². The molecule has 1 aliphatic rings. The molecule has 1 aliphatic heterocycles. The second-order valence-corrected chi connectivity index (χ2v) is 4.81. The molecule has 0 saturated heterocycles. The Hall–Kier alpha value is -1.27. The van der Waals surface area contributed by atoms with Crippen molar-refractivity contribution in [3.63, 3.8) is 0 Å². The third-order valence-corrected chi connectivity index (χ3v) is 3.27. The molecule has 0 radical (unpaired) electrons. The van der Waals surface area contributed by atoms with Gasteiger partial charge in [-0.1, -0.05) is 15.9 Å². The largest absolute Gasteiger partial charge is 0.454 e. The van der Waals surface area contributed by atoms with E-state index in [1.54, 1.807) is 0 Å². The minimum Gasteiger partial charge on any atom is -0.454 e. The fourth-order valence-corrected chi connectivity index (χ4v) is 2.11. The zero-order valence-electron chi connectivity index (χ0n) is 10.1. The van der Waals surface area contributed by atoms with E-state index in [1.165, 1.54) is 6.92 Å². The van der Waals surface area contributed by atoms with Gasteiger partial charge in [-0.25, -0.2) is 0 Å². The molecule has 0 unspecified atom stereocenters. The summed E-state index contributed by atoms with van der Waals surface area (Å²) >= 11 is 3.50. The van der Waals surface area contributed by atoms with Gasteiger partial charge in [0, 0.05) is 31.0 Å². The summed E-state index contributed by atoms with van der Waals surface area (Å²) in [6, 6.07) is 3.87. The standard InChI is InChI=1S/C12H15BrN2O3/c1-8(16)15-3-2-14-6-9-4-11-12(5-10(9)13)18-7-17-11/h4-5,14H,2-3,6-7H2,1H3,(H,15,16). The molecule has 1 heterocycles. The predicted octanol–water partition coefficient (Wildman–Crippen LogP) is 1.40. The second kappa shape index (κ2) is 6.06. The van der Waals surface area contributed by atoms with E-state index >= 15 is 0 Å². The number of hydrogen-bond donors (Lipinski definition) is 2. The smallest absolute Gasteiger partial charge is 0.231 e. The highest BCUT2D eigenvalue weighted by molar-refractivity contribution is 9.10. The first-order chi connectivity index (χ1) is 8.66. The Kier molecular flexibility index (Phi) is 4.43. The molecule has 18 heavy (non-hydrogen) atoms. The van der Waals surface area contributed by atoms with Crippen molar-refractivity contribution < 1.29 is 14.3 Å². The highest BCUT2D eigenvalue weighted by Crippen LogP contribution is 2.36. The lowest BCUT2D eigenvalue weighted by molar-refractivity contribution is -0.118. The second-order valence-electron chi connectivity index (χ2n) is 3.96. The zero-order chi connectivity index (χ0) is 13.0. The highest BCUT2D eigenvalue weighted by atomic mass is 79.9. The van der Waals surface area contributed by atoms with Gasteiger partial charge in [0.25, 0.3) is 0 Å². The van der Waals surface area contributed by atoms with E-state index in [9.17, 15) is 4.79 Å². The van der Waals surface area contributed by atoms with E-state index in [0.29, 0.717) is 13.1 Å². The van der Waals surface area contributed by atoms with Crippen LogP contribution in [0.25, 0.3) is 0 Å². The summed E-state index contributed by atoms with van der Waals surface area (Å²) in [6.45, 7) is 3.84. The molecule has 0 aliphatic carbocycles. The predicted molar refractivity (Wildman–Crippen MR) is 70.7 cm³/mol. The van der Waals surface area contributed by atoms with Gasteiger partial charge in [0.05, 0.1) is 0 Å². The van der Waals surface area contributed by atoms with E-state index < -0.39 is 0 Å². The molecule has 2 rings (SSSR count). The van der Waals surface area contributed by atoms with Crippen molar-refractivity contribution in [3.8, 4) is 11.5 Å². The minimum absolute atomic E-state index is 0.0129. The first kappa shape index (κ1) is 13.2. The molecule has 0 atom stereocenters. The molecule has 0 fully saturated rings. The summed E-state index contributed by atoms with van der Waals surface area (Å²) in [6.07, 6.45) is 0. The molecular weight excluding hydrogens is 300 g/mol. The number of halogens is 1. The van der Waals surface area contributed by atoms with Crippen LogP contribution in [0.5, 0.6) is 11.5 Å². The van der Waals surface area contributed by atoms with Crippen LogP contribution >= 0.6 is 15.9 Å². The van der Waals surface area contributed by atoms with Crippen molar-refractivity contribution in [2.75, 3.05) is 19.9 Å². The Morgan fingerprint density at radius 1 is 1.33 bits per heavy atom. The number of amides is 1. The van der Waals surface area contributed by atoms with Crippen LogP contribution < -0.4 is 20.1 Å². The number of hydrogen-bond acceptors (Lipinski definition) is 4. The maximum absolute atomic E-state index is 10.7. The topological polar surface area (TPSA) is 59.6 Å². The zero-order valence-corrected chi connectivity index (χ0v) is 11.7. The molecule has 0 spiro atoms. The Labute approximate surface area is 114 Å². The number of nitrogens with one attached hydrogen (secondary N) is 2. The molecule has 98 valence electrons. The Morgan fingerprint density at radius 3 is 2.78 bits per heavy atom. The molecule has 5 nitrogen and oxygen atoms in total. The number of rotatable bonds is 5. The van der Waals surface area contributed by atoms with Crippen molar-refractivity contribution in [2.24, 2.45) is 0 Å². The van der Waals surface area contributed by atoms with Crippen LogP contribution in [-0.2, 0) is 11.3 Å². The lowest BCUT2D eigenvalue weighted by Crippen LogP contribution is -2.29. The van der Waals surface area contributed by atoms with Gasteiger partial charge >= 0.3 is 0 Å². The Morgan fingerprint density at radius 2 is 2.06 bits per heavy atom. The molecule has 1 aromatic rings. The maximum Gasteiger partial charge on any atom is 0.231 e. The van der Waals surface area contributed by atoms with Gasteiger partial charge in [-0.15, -0.1) is 0 Å². The molecule has 0 saturated carbocycles. The fourth-order valence-electron chi connectivity index (χ4n) is 1.64. The summed E-state index contributed by atoms with van der Waals surface area (Å²) in [5.74, 6) is 1.53. The molecule has 0 bridgehead atoms. The first-order valence-electron chi connectivity index (χ1n) is 5.70. The number of ether oxygens (including phenoxy) is 2. The molecule has 0 aromatic heterocycles. The van der Waals surface area contributed by atoms with Crippen LogP contribution in [0, 0.1) is 0 Å². The van der Waals surface area contributed by atoms with E-state index in [4.69, 9.17) is 9.47 Å². The number of carbonyl (C=O) groups excluding carboxylic acids is 1. The van der Waals surface area contributed by atoms with E-state index in [2.05, 4.69) is 26.6 Å². The number of carbonyl (C=O) groups is 1. The van der Waals surface area contributed by atoms with Gasteiger partial charge in [-0.2, -0.15) is 0 Å². The normalized spacial score (nSPS) is 12.6. The monoisotopic (exact) mass is 314 g/mol. The quantitative estimate of drug-likeness (QED) is 0.807. The van der Waals surface area contributed by atoms with Crippen molar-refractivity contribution in [1.29, 1.82) is 0 Å². The average Bonchev–Trinajstić information content (AvgIpc) is 2.75. The molecular formula is C12H15BrN2O3. The third kappa shape index (κ3) is 3.36. The van der Waals surface area contributed by atoms with Gasteiger partial charge in [0.2, 0.25) is 12.7 Å². The van der Waals surface area contributed by atoms with Gasteiger partial charge in [-0.3, -0.25) is 4.79 Å². The minimum atomic E-state index is -0.0129. The van der Waals surface area contributed by atoms with Gasteiger partial charge in [0.15, 0.2) is 11.5 Å². The van der Waals surface area contributed by atoms with Crippen molar-refractivity contribution >= 4 is 21.8 Å².